The third-order valence-electron chi connectivity index (χ3n) is 5.39. The van der Waals surface area contributed by atoms with E-state index in [1.165, 1.54) is 24.3 Å². The molecular weight excluding hydrogens is 472 g/mol. The van der Waals surface area contributed by atoms with Crippen molar-refractivity contribution in [3.63, 3.8) is 0 Å². The van der Waals surface area contributed by atoms with E-state index in [-0.39, 0.29) is 16.6 Å². The van der Waals surface area contributed by atoms with Crippen LogP contribution >= 0.6 is 11.6 Å². The number of hydrogen-bond donors (Lipinski definition) is 1. The van der Waals surface area contributed by atoms with Crippen molar-refractivity contribution < 1.29 is 17.9 Å². The van der Waals surface area contributed by atoms with Crippen LogP contribution in [-0.2, 0) is 14.8 Å². The molecule has 0 aromatic heterocycles. The molecule has 3 rings (SSSR count). The van der Waals surface area contributed by atoms with Gasteiger partial charge in [0.2, 0.25) is 5.91 Å². The standard InChI is InChI=1S/C26H29ClN2O4S/c1-5-33-25-9-7-6-8-24(25)29(34(31,32)22-13-11-21(27)12-14-22)17-26(30)28-20(4)23-15-10-18(2)16-19(23)3/h6-16,20H,5,17H2,1-4H3,(H,28,30)/t20-/m1/s1. The molecule has 1 N–H and O–H groups in total. The van der Waals surface area contributed by atoms with Crippen LogP contribution in [0.3, 0.4) is 0 Å². The molecule has 0 heterocycles. The van der Waals surface area contributed by atoms with Gasteiger partial charge < -0.3 is 10.1 Å². The van der Waals surface area contributed by atoms with Crippen molar-refractivity contribution in [1.82, 2.24) is 5.32 Å². The summed E-state index contributed by atoms with van der Waals surface area (Å²) < 4.78 is 34.0. The number of nitrogens with one attached hydrogen (secondary N) is 1. The molecule has 0 saturated heterocycles. The minimum absolute atomic E-state index is 0.0263. The summed E-state index contributed by atoms with van der Waals surface area (Å²) in [6, 6.07) is 18.3. The van der Waals surface area contributed by atoms with Gasteiger partial charge in [-0.15, -0.1) is 0 Å². The van der Waals surface area contributed by atoms with Crippen molar-refractivity contribution in [1.29, 1.82) is 0 Å². The number of carbonyl (C=O) groups is 1. The van der Waals surface area contributed by atoms with Crippen molar-refractivity contribution in [2.24, 2.45) is 0 Å². The predicted molar refractivity (Wildman–Crippen MR) is 136 cm³/mol. The second-order valence-corrected chi connectivity index (χ2v) is 10.3. The molecule has 0 bridgehead atoms. The summed E-state index contributed by atoms with van der Waals surface area (Å²) in [6.45, 7) is 7.62. The van der Waals surface area contributed by atoms with E-state index >= 15 is 0 Å². The molecule has 0 aliphatic rings. The van der Waals surface area contributed by atoms with Crippen LogP contribution in [0.2, 0.25) is 5.02 Å². The van der Waals surface area contributed by atoms with Crippen LogP contribution in [0.4, 0.5) is 5.69 Å². The Morgan fingerprint density at radius 2 is 1.74 bits per heavy atom. The number of benzene rings is 3. The molecule has 0 spiro atoms. The van der Waals surface area contributed by atoms with Gasteiger partial charge in [0, 0.05) is 5.02 Å². The average molecular weight is 501 g/mol. The van der Waals surface area contributed by atoms with Gasteiger partial charge in [-0.3, -0.25) is 9.10 Å². The number of anilines is 1. The Balaban J connectivity index is 1.95. The first-order valence-electron chi connectivity index (χ1n) is 11.0. The SMILES string of the molecule is CCOc1ccccc1N(CC(=O)N[C@H](C)c1ccc(C)cc1C)S(=O)(=O)c1ccc(Cl)cc1. The van der Waals surface area contributed by atoms with Gasteiger partial charge in [0.05, 0.1) is 23.2 Å². The van der Waals surface area contributed by atoms with E-state index in [2.05, 4.69) is 5.32 Å². The maximum Gasteiger partial charge on any atom is 0.264 e. The number of rotatable bonds is 9. The molecule has 3 aromatic rings. The highest BCUT2D eigenvalue weighted by Gasteiger charge is 2.30. The van der Waals surface area contributed by atoms with E-state index in [1.54, 1.807) is 24.3 Å². The molecule has 0 saturated carbocycles. The summed E-state index contributed by atoms with van der Waals surface area (Å²) in [6.07, 6.45) is 0. The first-order valence-corrected chi connectivity index (χ1v) is 12.8. The van der Waals surface area contributed by atoms with Crippen molar-refractivity contribution in [3.05, 3.63) is 88.4 Å². The molecule has 180 valence electrons. The monoisotopic (exact) mass is 500 g/mol. The summed E-state index contributed by atoms with van der Waals surface area (Å²) in [7, 11) is -4.09. The maximum absolute atomic E-state index is 13.6. The van der Waals surface area contributed by atoms with E-state index in [0.717, 1.165) is 21.0 Å². The minimum atomic E-state index is -4.09. The molecule has 8 heteroatoms. The van der Waals surface area contributed by atoms with Crippen molar-refractivity contribution >= 4 is 33.2 Å². The Morgan fingerprint density at radius 3 is 2.38 bits per heavy atom. The summed E-state index contributed by atoms with van der Waals surface area (Å²) in [4.78, 5) is 13.1. The van der Waals surface area contributed by atoms with Gasteiger partial charge in [-0.05, 0) is 75.2 Å². The third-order valence-corrected chi connectivity index (χ3v) is 7.42. The number of sulfonamides is 1. The fourth-order valence-electron chi connectivity index (χ4n) is 3.78. The lowest BCUT2D eigenvalue weighted by Crippen LogP contribution is -2.41. The van der Waals surface area contributed by atoms with Crippen LogP contribution in [0, 0.1) is 13.8 Å². The molecule has 0 aliphatic heterocycles. The van der Waals surface area contributed by atoms with E-state index in [0.29, 0.717) is 17.4 Å². The summed E-state index contributed by atoms with van der Waals surface area (Å²) in [5.41, 5.74) is 3.45. The zero-order valence-corrected chi connectivity index (χ0v) is 21.3. The minimum Gasteiger partial charge on any atom is -0.492 e. The molecule has 0 radical (unpaired) electrons. The van der Waals surface area contributed by atoms with Crippen molar-refractivity contribution in [2.45, 2.75) is 38.6 Å². The Hall–Kier alpha value is -3.03. The maximum atomic E-state index is 13.6. The number of ether oxygens (including phenoxy) is 1. The van der Waals surface area contributed by atoms with E-state index in [1.807, 2.05) is 45.9 Å². The van der Waals surface area contributed by atoms with Gasteiger partial charge in [0.25, 0.3) is 10.0 Å². The molecule has 3 aromatic carbocycles. The van der Waals surface area contributed by atoms with Crippen molar-refractivity contribution in [2.75, 3.05) is 17.5 Å². The molecule has 34 heavy (non-hydrogen) atoms. The van der Waals surface area contributed by atoms with E-state index in [9.17, 15) is 13.2 Å². The lowest BCUT2D eigenvalue weighted by atomic mass is 10.0. The Bertz CT molecular complexity index is 1260. The Kier molecular flexibility index (Phi) is 8.23. The second kappa shape index (κ2) is 10.9. The molecule has 0 fully saturated rings. The zero-order valence-electron chi connectivity index (χ0n) is 19.7. The lowest BCUT2D eigenvalue weighted by molar-refractivity contribution is -0.120. The van der Waals surface area contributed by atoms with Gasteiger partial charge >= 0.3 is 0 Å². The molecule has 1 atom stereocenters. The van der Waals surface area contributed by atoms with Crippen LogP contribution in [0.25, 0.3) is 0 Å². The van der Waals surface area contributed by atoms with Crippen LogP contribution in [0.5, 0.6) is 5.75 Å². The van der Waals surface area contributed by atoms with Crippen LogP contribution in [0.1, 0.15) is 36.6 Å². The average Bonchev–Trinajstić information content (AvgIpc) is 2.78. The zero-order chi connectivity index (χ0) is 24.9. The first kappa shape index (κ1) is 25.6. The highest BCUT2D eigenvalue weighted by Crippen LogP contribution is 2.33. The quantitative estimate of drug-likeness (QED) is 0.425. The molecule has 0 aliphatic carbocycles. The van der Waals surface area contributed by atoms with Gasteiger partial charge in [0.15, 0.2) is 0 Å². The number of hydrogen-bond acceptors (Lipinski definition) is 4. The Morgan fingerprint density at radius 1 is 1.06 bits per heavy atom. The molecule has 0 unspecified atom stereocenters. The predicted octanol–water partition coefficient (Wildman–Crippen LogP) is 5.43. The van der Waals surface area contributed by atoms with Gasteiger partial charge in [0.1, 0.15) is 12.3 Å². The summed E-state index contributed by atoms with van der Waals surface area (Å²) >= 11 is 5.95. The topological polar surface area (TPSA) is 75.7 Å². The highest BCUT2D eigenvalue weighted by atomic mass is 35.5. The second-order valence-electron chi connectivity index (χ2n) is 8.02. The molecular formula is C26H29ClN2O4S. The first-order chi connectivity index (χ1) is 16.1. The van der Waals surface area contributed by atoms with E-state index < -0.39 is 22.5 Å². The largest absolute Gasteiger partial charge is 0.492 e. The number of amides is 1. The van der Waals surface area contributed by atoms with E-state index in [4.69, 9.17) is 16.3 Å². The summed E-state index contributed by atoms with van der Waals surface area (Å²) in [5.74, 6) is -0.0610. The molecule has 6 nitrogen and oxygen atoms in total. The van der Waals surface area contributed by atoms with Crippen molar-refractivity contribution in [3.8, 4) is 5.75 Å². The third kappa shape index (κ3) is 5.90. The molecule has 1 amide bonds. The smallest absolute Gasteiger partial charge is 0.264 e. The lowest BCUT2D eigenvalue weighted by Gasteiger charge is -2.27. The number of aryl methyl sites for hydroxylation is 2. The highest BCUT2D eigenvalue weighted by molar-refractivity contribution is 7.92. The number of para-hydroxylation sites is 2. The number of nitrogens with zero attached hydrogens (tertiary/aromatic N) is 1. The number of halogens is 1. The fraction of sp³-hybridized carbons (Fsp3) is 0.269. The van der Waals surface area contributed by atoms with Crippen LogP contribution in [-0.4, -0.2) is 27.5 Å². The normalized spacial score (nSPS) is 12.1. The van der Waals surface area contributed by atoms with Gasteiger partial charge in [-0.1, -0.05) is 47.5 Å². The fourth-order valence-corrected chi connectivity index (χ4v) is 5.34. The Labute approximate surface area is 206 Å². The van der Waals surface area contributed by atoms with Crippen LogP contribution in [0.15, 0.2) is 71.6 Å². The van der Waals surface area contributed by atoms with Gasteiger partial charge in [-0.25, -0.2) is 8.42 Å². The summed E-state index contributed by atoms with van der Waals surface area (Å²) in [5, 5.41) is 3.35. The number of carbonyl (C=O) groups excluding carboxylic acids is 1. The van der Waals surface area contributed by atoms with Crippen LogP contribution < -0.4 is 14.4 Å². The van der Waals surface area contributed by atoms with Gasteiger partial charge in [-0.2, -0.15) is 0 Å².